The Labute approximate surface area is 94.2 Å². The number of carbonyl (C=O) groups excluding carboxylic acids is 2. The standard InChI is InChI=1S/C13H13NO2/c1-3-11(15)14-12-8(2)9-6-4-5-7-10(9)13(12)16/h4-7H,3H2,1-2H3,(H,14,15,16). The number of rotatable bonds is 2. The Hall–Kier alpha value is -1.90. The van der Waals surface area contributed by atoms with E-state index in [1.54, 1.807) is 13.0 Å². The maximum absolute atomic E-state index is 12.0. The molecule has 16 heavy (non-hydrogen) atoms. The molecule has 0 aliphatic heterocycles. The first kappa shape index (κ1) is 10.6. The molecule has 1 aliphatic carbocycles. The quantitative estimate of drug-likeness (QED) is 0.821. The number of nitrogens with one attached hydrogen (secondary N) is 1. The van der Waals surface area contributed by atoms with Gasteiger partial charge in [-0.15, -0.1) is 0 Å². The number of amides is 1. The highest BCUT2D eigenvalue weighted by atomic mass is 16.2. The smallest absolute Gasteiger partial charge is 0.224 e. The zero-order valence-corrected chi connectivity index (χ0v) is 9.33. The summed E-state index contributed by atoms with van der Waals surface area (Å²) in [5.74, 6) is -0.217. The van der Waals surface area contributed by atoms with Gasteiger partial charge in [-0.3, -0.25) is 9.59 Å². The molecule has 0 spiro atoms. The summed E-state index contributed by atoms with van der Waals surface area (Å²) in [6, 6.07) is 7.40. The van der Waals surface area contributed by atoms with Crippen LogP contribution < -0.4 is 5.32 Å². The SMILES string of the molecule is CCC(=O)NC1=C(C)c2ccccc2C1=O. The van der Waals surface area contributed by atoms with Crippen molar-refractivity contribution in [3.8, 4) is 0 Å². The van der Waals surface area contributed by atoms with Crippen molar-refractivity contribution in [1.82, 2.24) is 5.32 Å². The second-order valence-corrected chi connectivity index (χ2v) is 3.78. The van der Waals surface area contributed by atoms with Crippen molar-refractivity contribution in [2.75, 3.05) is 0 Å². The minimum Gasteiger partial charge on any atom is -0.323 e. The predicted octanol–water partition coefficient (Wildman–Crippen LogP) is 2.14. The van der Waals surface area contributed by atoms with Gasteiger partial charge in [0.2, 0.25) is 11.7 Å². The van der Waals surface area contributed by atoms with Crippen LogP contribution in [0, 0.1) is 0 Å². The summed E-state index contributed by atoms with van der Waals surface area (Å²) >= 11 is 0. The lowest BCUT2D eigenvalue weighted by Crippen LogP contribution is -2.25. The van der Waals surface area contributed by atoms with Crippen LogP contribution in [0.2, 0.25) is 0 Å². The minimum atomic E-state index is -0.129. The van der Waals surface area contributed by atoms with E-state index >= 15 is 0 Å². The van der Waals surface area contributed by atoms with E-state index in [9.17, 15) is 9.59 Å². The third-order valence-corrected chi connectivity index (χ3v) is 2.76. The number of carbonyl (C=O) groups is 2. The topological polar surface area (TPSA) is 46.2 Å². The fourth-order valence-electron chi connectivity index (χ4n) is 1.83. The molecule has 0 bridgehead atoms. The van der Waals surface area contributed by atoms with Crippen LogP contribution in [0.3, 0.4) is 0 Å². The number of benzene rings is 1. The molecule has 2 rings (SSSR count). The molecule has 0 atom stereocenters. The van der Waals surface area contributed by atoms with Crippen molar-refractivity contribution in [3.05, 3.63) is 41.1 Å². The van der Waals surface area contributed by atoms with Gasteiger partial charge >= 0.3 is 0 Å². The van der Waals surface area contributed by atoms with Gasteiger partial charge in [0.25, 0.3) is 0 Å². The molecule has 82 valence electrons. The molecular formula is C13H13NO2. The zero-order valence-electron chi connectivity index (χ0n) is 9.33. The van der Waals surface area contributed by atoms with Crippen LogP contribution in [-0.4, -0.2) is 11.7 Å². The second-order valence-electron chi connectivity index (χ2n) is 3.78. The number of allylic oxidation sites excluding steroid dienone is 2. The molecule has 1 N–H and O–H groups in total. The molecule has 3 nitrogen and oxygen atoms in total. The van der Waals surface area contributed by atoms with Crippen molar-refractivity contribution < 1.29 is 9.59 Å². The lowest BCUT2D eigenvalue weighted by atomic mass is 10.1. The Morgan fingerprint density at radius 1 is 1.25 bits per heavy atom. The molecule has 1 aromatic rings. The van der Waals surface area contributed by atoms with Crippen LogP contribution in [0.1, 0.15) is 36.2 Å². The van der Waals surface area contributed by atoms with Crippen molar-refractivity contribution in [2.24, 2.45) is 0 Å². The average Bonchev–Trinajstić information content (AvgIpc) is 2.55. The van der Waals surface area contributed by atoms with E-state index in [0.29, 0.717) is 17.7 Å². The molecule has 0 unspecified atom stereocenters. The molecule has 0 heterocycles. The average molecular weight is 215 g/mol. The highest BCUT2D eigenvalue weighted by Crippen LogP contribution is 2.30. The molecule has 0 aromatic heterocycles. The molecule has 0 saturated carbocycles. The van der Waals surface area contributed by atoms with E-state index in [2.05, 4.69) is 5.32 Å². The summed E-state index contributed by atoms with van der Waals surface area (Å²) in [6.07, 6.45) is 0.375. The Kier molecular flexibility index (Phi) is 2.60. The van der Waals surface area contributed by atoms with Gasteiger partial charge in [0.1, 0.15) is 0 Å². The van der Waals surface area contributed by atoms with Gasteiger partial charge in [0.15, 0.2) is 0 Å². The van der Waals surface area contributed by atoms with Gasteiger partial charge in [-0.2, -0.15) is 0 Å². The lowest BCUT2D eigenvalue weighted by molar-refractivity contribution is -0.120. The Morgan fingerprint density at radius 2 is 1.88 bits per heavy atom. The third kappa shape index (κ3) is 1.54. The highest BCUT2D eigenvalue weighted by molar-refractivity contribution is 6.21. The molecule has 0 saturated heterocycles. The summed E-state index contributed by atoms with van der Waals surface area (Å²) in [6.45, 7) is 3.62. The van der Waals surface area contributed by atoms with Crippen LogP contribution >= 0.6 is 0 Å². The third-order valence-electron chi connectivity index (χ3n) is 2.76. The Morgan fingerprint density at radius 3 is 2.44 bits per heavy atom. The van der Waals surface area contributed by atoms with Crippen molar-refractivity contribution in [3.63, 3.8) is 0 Å². The van der Waals surface area contributed by atoms with Crippen LogP contribution in [0.4, 0.5) is 0 Å². The van der Waals surface area contributed by atoms with Crippen LogP contribution in [0.5, 0.6) is 0 Å². The molecule has 1 aliphatic rings. The van der Waals surface area contributed by atoms with E-state index in [1.807, 2.05) is 25.1 Å². The van der Waals surface area contributed by atoms with Crippen LogP contribution in [0.15, 0.2) is 30.0 Å². The zero-order chi connectivity index (χ0) is 11.7. The van der Waals surface area contributed by atoms with Gasteiger partial charge in [-0.05, 0) is 18.1 Å². The first-order valence-corrected chi connectivity index (χ1v) is 5.30. The second kappa shape index (κ2) is 3.93. The van der Waals surface area contributed by atoms with Crippen LogP contribution in [0.25, 0.3) is 5.57 Å². The number of hydrogen-bond donors (Lipinski definition) is 1. The van der Waals surface area contributed by atoms with Gasteiger partial charge < -0.3 is 5.32 Å². The Balaban J connectivity index is 2.40. The monoisotopic (exact) mass is 215 g/mol. The fraction of sp³-hybridized carbons (Fsp3) is 0.231. The molecule has 1 amide bonds. The number of Topliss-reactive ketones (excluding diaryl/α,β-unsaturated/α-hetero) is 1. The predicted molar refractivity (Wildman–Crippen MR) is 61.8 cm³/mol. The number of hydrogen-bond acceptors (Lipinski definition) is 2. The van der Waals surface area contributed by atoms with E-state index in [-0.39, 0.29) is 11.7 Å². The maximum atomic E-state index is 12.0. The normalized spacial score (nSPS) is 14.0. The van der Waals surface area contributed by atoms with E-state index < -0.39 is 0 Å². The Bertz CT molecular complexity index is 500. The van der Waals surface area contributed by atoms with E-state index in [1.165, 1.54) is 0 Å². The highest BCUT2D eigenvalue weighted by Gasteiger charge is 2.27. The maximum Gasteiger partial charge on any atom is 0.224 e. The van der Waals surface area contributed by atoms with E-state index in [4.69, 9.17) is 0 Å². The summed E-state index contributed by atoms with van der Waals surface area (Å²) < 4.78 is 0. The first-order valence-electron chi connectivity index (χ1n) is 5.30. The summed E-state index contributed by atoms with van der Waals surface area (Å²) in [7, 11) is 0. The lowest BCUT2D eigenvalue weighted by Gasteiger charge is -2.03. The summed E-state index contributed by atoms with van der Waals surface area (Å²) in [5.41, 5.74) is 2.86. The van der Waals surface area contributed by atoms with E-state index in [0.717, 1.165) is 11.1 Å². The van der Waals surface area contributed by atoms with Crippen molar-refractivity contribution in [2.45, 2.75) is 20.3 Å². The van der Waals surface area contributed by atoms with Gasteiger partial charge in [-0.25, -0.2) is 0 Å². The summed E-state index contributed by atoms with van der Waals surface area (Å²) in [4.78, 5) is 23.3. The van der Waals surface area contributed by atoms with Crippen molar-refractivity contribution in [1.29, 1.82) is 0 Å². The van der Waals surface area contributed by atoms with Gasteiger partial charge in [0, 0.05) is 12.0 Å². The molecule has 0 radical (unpaired) electrons. The molecule has 1 aromatic carbocycles. The minimum absolute atomic E-state index is 0.0881. The first-order chi connectivity index (χ1) is 7.65. The van der Waals surface area contributed by atoms with Crippen molar-refractivity contribution >= 4 is 17.3 Å². The fourth-order valence-corrected chi connectivity index (χ4v) is 1.83. The molecule has 3 heteroatoms. The summed E-state index contributed by atoms with van der Waals surface area (Å²) in [5, 5.41) is 2.67. The van der Waals surface area contributed by atoms with Crippen LogP contribution in [-0.2, 0) is 4.79 Å². The van der Waals surface area contributed by atoms with Gasteiger partial charge in [-0.1, -0.05) is 31.2 Å². The molecule has 0 fully saturated rings. The van der Waals surface area contributed by atoms with Gasteiger partial charge in [0.05, 0.1) is 5.70 Å². The number of fused-ring (bicyclic) bond motifs is 1. The molecular weight excluding hydrogens is 202 g/mol. The largest absolute Gasteiger partial charge is 0.323 e. The number of ketones is 1.